The Morgan fingerprint density at radius 3 is 2.50 bits per heavy atom. The third-order valence-electron chi connectivity index (χ3n) is 3.75. The molecule has 0 aromatic heterocycles. The lowest BCUT2D eigenvalue weighted by molar-refractivity contribution is -0.138. The average Bonchev–Trinajstić information content (AvgIpc) is 3.19. The Morgan fingerprint density at radius 1 is 1.40 bits per heavy atom. The van der Waals surface area contributed by atoms with Crippen LogP contribution >= 0.6 is 15.9 Å². The van der Waals surface area contributed by atoms with Crippen LogP contribution < -0.4 is 0 Å². The first-order valence-corrected chi connectivity index (χ1v) is 7.15. The van der Waals surface area contributed by atoms with Crippen LogP contribution in [0.15, 0.2) is 22.7 Å². The maximum atomic E-state index is 12.8. The molecule has 0 spiro atoms. The molecule has 20 heavy (non-hydrogen) atoms. The molecule has 1 aromatic rings. The second-order valence-electron chi connectivity index (χ2n) is 5.19. The van der Waals surface area contributed by atoms with Crippen LogP contribution in [-0.4, -0.2) is 23.9 Å². The molecule has 0 N–H and O–H groups in total. The van der Waals surface area contributed by atoms with Crippen LogP contribution in [0.1, 0.15) is 35.7 Å². The van der Waals surface area contributed by atoms with Crippen LogP contribution in [0.3, 0.4) is 0 Å². The van der Waals surface area contributed by atoms with E-state index in [2.05, 4.69) is 15.9 Å². The standard InChI is InChI=1S/C14H15BrF3NO/c1-8(9-3-4-9)19(2)13(20)10-5-6-12(15)11(7-10)14(16,17)18/h5-9H,3-4H2,1-2H3. The summed E-state index contributed by atoms with van der Waals surface area (Å²) in [7, 11) is 1.64. The van der Waals surface area contributed by atoms with Gasteiger partial charge in [-0.2, -0.15) is 13.2 Å². The number of carbonyl (C=O) groups excluding carboxylic acids is 1. The van der Waals surface area contributed by atoms with E-state index in [-0.39, 0.29) is 22.0 Å². The molecule has 1 amide bonds. The molecule has 1 atom stereocenters. The summed E-state index contributed by atoms with van der Waals surface area (Å²) in [5, 5.41) is 0. The number of carbonyl (C=O) groups is 1. The van der Waals surface area contributed by atoms with Crippen LogP contribution in [0.25, 0.3) is 0 Å². The van der Waals surface area contributed by atoms with Crippen molar-refractivity contribution >= 4 is 21.8 Å². The zero-order chi connectivity index (χ0) is 15.1. The summed E-state index contributed by atoms with van der Waals surface area (Å²) >= 11 is 2.87. The van der Waals surface area contributed by atoms with Gasteiger partial charge >= 0.3 is 6.18 Å². The molecule has 2 nitrogen and oxygen atoms in total. The van der Waals surface area contributed by atoms with E-state index < -0.39 is 11.7 Å². The minimum atomic E-state index is -4.48. The molecule has 1 fully saturated rings. The smallest absolute Gasteiger partial charge is 0.339 e. The van der Waals surface area contributed by atoms with Gasteiger partial charge in [-0.15, -0.1) is 0 Å². The molecular weight excluding hydrogens is 335 g/mol. The summed E-state index contributed by atoms with van der Waals surface area (Å²) in [4.78, 5) is 13.8. The Labute approximate surface area is 124 Å². The predicted molar refractivity (Wildman–Crippen MR) is 73.4 cm³/mol. The lowest BCUT2D eigenvalue weighted by Crippen LogP contribution is -2.36. The molecule has 1 aliphatic rings. The van der Waals surface area contributed by atoms with Gasteiger partial charge in [-0.25, -0.2) is 0 Å². The largest absolute Gasteiger partial charge is 0.417 e. The van der Waals surface area contributed by atoms with Crippen LogP contribution in [-0.2, 0) is 6.18 Å². The average molecular weight is 350 g/mol. The molecule has 2 rings (SSSR count). The van der Waals surface area contributed by atoms with Crippen molar-refractivity contribution in [1.82, 2.24) is 4.90 Å². The Bertz CT molecular complexity index is 526. The third-order valence-corrected chi connectivity index (χ3v) is 4.45. The highest BCUT2D eigenvalue weighted by molar-refractivity contribution is 9.10. The molecule has 6 heteroatoms. The topological polar surface area (TPSA) is 20.3 Å². The van der Waals surface area contributed by atoms with E-state index in [0.29, 0.717) is 5.92 Å². The summed E-state index contributed by atoms with van der Waals surface area (Å²) < 4.78 is 38.4. The monoisotopic (exact) mass is 349 g/mol. The van der Waals surface area contributed by atoms with Gasteiger partial charge in [-0.05, 0) is 43.9 Å². The van der Waals surface area contributed by atoms with Crippen LogP contribution in [0.2, 0.25) is 0 Å². The molecule has 0 radical (unpaired) electrons. The van der Waals surface area contributed by atoms with Gasteiger partial charge in [-0.3, -0.25) is 4.79 Å². The van der Waals surface area contributed by atoms with Crippen molar-refractivity contribution in [3.8, 4) is 0 Å². The van der Waals surface area contributed by atoms with E-state index in [0.717, 1.165) is 18.9 Å². The summed E-state index contributed by atoms with van der Waals surface area (Å²) in [5.74, 6) is 0.101. The SMILES string of the molecule is CC(C1CC1)N(C)C(=O)c1ccc(Br)c(C(F)(F)F)c1. The summed E-state index contributed by atoms with van der Waals surface area (Å²) in [6.45, 7) is 1.93. The van der Waals surface area contributed by atoms with Crippen molar-refractivity contribution in [3.63, 3.8) is 0 Å². The number of alkyl halides is 3. The normalized spacial score (nSPS) is 16.9. The van der Waals surface area contributed by atoms with Crippen LogP contribution in [0.4, 0.5) is 13.2 Å². The van der Waals surface area contributed by atoms with Gasteiger partial charge < -0.3 is 4.90 Å². The zero-order valence-corrected chi connectivity index (χ0v) is 12.8. The number of benzene rings is 1. The van der Waals surface area contributed by atoms with Crippen molar-refractivity contribution in [1.29, 1.82) is 0 Å². The number of amides is 1. The molecule has 1 saturated carbocycles. The summed E-state index contributed by atoms with van der Waals surface area (Å²) in [5.41, 5.74) is -0.758. The second kappa shape index (κ2) is 5.39. The van der Waals surface area contributed by atoms with Crippen molar-refractivity contribution < 1.29 is 18.0 Å². The van der Waals surface area contributed by atoms with E-state index >= 15 is 0 Å². The summed E-state index contributed by atoms with van der Waals surface area (Å²) in [6.07, 6.45) is -2.32. The van der Waals surface area contributed by atoms with Crippen molar-refractivity contribution in [3.05, 3.63) is 33.8 Å². The van der Waals surface area contributed by atoms with Gasteiger partial charge in [0.1, 0.15) is 0 Å². The fourth-order valence-corrected chi connectivity index (χ4v) is 2.63. The molecule has 110 valence electrons. The van der Waals surface area contributed by atoms with E-state index in [1.807, 2.05) is 6.92 Å². The highest BCUT2D eigenvalue weighted by atomic mass is 79.9. The van der Waals surface area contributed by atoms with Gasteiger partial charge in [0.25, 0.3) is 5.91 Å². The Morgan fingerprint density at radius 2 is 2.00 bits per heavy atom. The number of hydrogen-bond donors (Lipinski definition) is 0. The second-order valence-corrected chi connectivity index (χ2v) is 6.04. The predicted octanol–water partition coefficient (Wildman–Crippen LogP) is 4.34. The molecule has 1 aliphatic carbocycles. The van der Waals surface area contributed by atoms with Gasteiger partial charge in [0.2, 0.25) is 0 Å². The first kappa shape index (κ1) is 15.4. The molecule has 1 unspecified atom stereocenters. The minimum absolute atomic E-state index is 0.0560. The maximum Gasteiger partial charge on any atom is 0.417 e. The number of rotatable bonds is 3. The maximum absolute atomic E-state index is 12.8. The number of halogens is 4. The van der Waals surface area contributed by atoms with E-state index in [1.165, 1.54) is 17.0 Å². The van der Waals surface area contributed by atoms with Crippen LogP contribution in [0.5, 0.6) is 0 Å². The number of nitrogens with zero attached hydrogens (tertiary/aromatic N) is 1. The van der Waals surface area contributed by atoms with Gasteiger partial charge in [0.05, 0.1) is 5.56 Å². The van der Waals surface area contributed by atoms with E-state index in [4.69, 9.17) is 0 Å². The first-order valence-electron chi connectivity index (χ1n) is 6.35. The fraction of sp³-hybridized carbons (Fsp3) is 0.500. The molecule has 0 bridgehead atoms. The Hall–Kier alpha value is -1.04. The Kier molecular flexibility index (Phi) is 4.14. The first-order chi connectivity index (χ1) is 9.21. The third kappa shape index (κ3) is 3.16. The van der Waals surface area contributed by atoms with Gasteiger partial charge in [-0.1, -0.05) is 15.9 Å². The fourth-order valence-electron chi connectivity index (χ4n) is 2.16. The van der Waals surface area contributed by atoms with Crippen molar-refractivity contribution in [2.45, 2.75) is 32.0 Å². The molecular formula is C14H15BrF3NO. The Balaban J connectivity index is 2.26. The minimum Gasteiger partial charge on any atom is -0.339 e. The zero-order valence-electron chi connectivity index (χ0n) is 11.2. The molecule has 0 heterocycles. The van der Waals surface area contributed by atoms with Gasteiger partial charge in [0, 0.05) is 23.1 Å². The highest BCUT2D eigenvalue weighted by Crippen LogP contribution is 2.37. The van der Waals surface area contributed by atoms with Gasteiger partial charge in [0.15, 0.2) is 0 Å². The van der Waals surface area contributed by atoms with Crippen LogP contribution in [0, 0.1) is 5.92 Å². The van der Waals surface area contributed by atoms with E-state index in [1.54, 1.807) is 7.05 Å². The van der Waals surface area contributed by atoms with Crippen molar-refractivity contribution in [2.75, 3.05) is 7.05 Å². The highest BCUT2D eigenvalue weighted by Gasteiger charge is 2.35. The summed E-state index contributed by atoms with van der Waals surface area (Å²) in [6, 6.07) is 3.65. The quantitative estimate of drug-likeness (QED) is 0.794. The van der Waals surface area contributed by atoms with E-state index in [9.17, 15) is 18.0 Å². The lowest BCUT2D eigenvalue weighted by Gasteiger charge is -2.25. The molecule has 1 aromatic carbocycles. The lowest BCUT2D eigenvalue weighted by atomic mass is 10.1. The van der Waals surface area contributed by atoms with Crippen molar-refractivity contribution in [2.24, 2.45) is 5.92 Å². The molecule has 0 saturated heterocycles. The number of hydrogen-bond acceptors (Lipinski definition) is 1. The molecule has 0 aliphatic heterocycles.